The maximum absolute atomic E-state index is 11.9. The zero-order valence-electron chi connectivity index (χ0n) is 19.3. The Morgan fingerprint density at radius 1 is 1.25 bits per heavy atom. The summed E-state index contributed by atoms with van der Waals surface area (Å²) < 4.78 is 1.85. The van der Waals surface area contributed by atoms with E-state index in [9.17, 15) is 4.79 Å². The van der Waals surface area contributed by atoms with Crippen LogP contribution in [-0.2, 0) is 24.9 Å². The summed E-state index contributed by atoms with van der Waals surface area (Å²) in [5, 5.41) is 11.3. The lowest BCUT2D eigenvalue weighted by molar-refractivity contribution is -0.128. The largest absolute Gasteiger partial charge is 0.367 e. The molecule has 1 atom stereocenters. The smallest absolute Gasteiger partial charge is 0.222 e. The highest BCUT2D eigenvalue weighted by Gasteiger charge is 2.22. The molecular formula is C24H35N7O. The van der Waals surface area contributed by atoms with E-state index in [1.807, 2.05) is 22.8 Å². The number of carbonyl (C=O) groups is 1. The van der Waals surface area contributed by atoms with Gasteiger partial charge in [-0.25, -0.2) is 4.99 Å². The van der Waals surface area contributed by atoms with Gasteiger partial charge in [0.15, 0.2) is 5.96 Å². The molecule has 8 heteroatoms. The molecule has 172 valence electrons. The molecule has 4 rings (SSSR count). The number of nitrogens with one attached hydrogen (secondary N) is 2. The van der Waals surface area contributed by atoms with Crippen molar-refractivity contribution in [3.63, 3.8) is 0 Å². The third-order valence-corrected chi connectivity index (χ3v) is 6.12. The molecule has 2 aliphatic rings. The summed E-state index contributed by atoms with van der Waals surface area (Å²) in [5.74, 6) is 1.12. The second-order valence-corrected chi connectivity index (χ2v) is 8.74. The average molecular weight is 438 g/mol. The number of anilines is 1. The van der Waals surface area contributed by atoms with Crippen LogP contribution in [0.2, 0.25) is 0 Å². The van der Waals surface area contributed by atoms with E-state index < -0.39 is 0 Å². The summed E-state index contributed by atoms with van der Waals surface area (Å²) in [6.45, 7) is 7.08. The van der Waals surface area contributed by atoms with Crippen molar-refractivity contribution >= 4 is 17.6 Å². The highest BCUT2D eigenvalue weighted by Crippen LogP contribution is 2.19. The molecule has 2 saturated heterocycles. The van der Waals surface area contributed by atoms with Gasteiger partial charge < -0.3 is 20.4 Å². The Labute approximate surface area is 190 Å². The molecule has 0 radical (unpaired) electrons. The summed E-state index contributed by atoms with van der Waals surface area (Å²) in [4.78, 5) is 21.1. The van der Waals surface area contributed by atoms with E-state index in [0.29, 0.717) is 25.6 Å². The van der Waals surface area contributed by atoms with Crippen molar-refractivity contribution < 1.29 is 4.79 Å². The standard InChI is InChI=1S/C24H35N7O/c1-3-25-24(28-21-9-5-11-30(17-21)22-15-27-29(2)18-22)26-14-19-7-4-8-20(13-19)16-31-12-6-10-23(31)32/h4,7-8,13,15,18,21H,3,5-6,9-12,14,16-17H2,1-2H3,(H2,25,26,28). The number of aromatic nitrogens is 2. The van der Waals surface area contributed by atoms with Gasteiger partial charge in [-0.1, -0.05) is 24.3 Å². The lowest BCUT2D eigenvalue weighted by atomic mass is 10.1. The minimum absolute atomic E-state index is 0.264. The molecule has 1 aromatic carbocycles. The molecule has 1 aromatic heterocycles. The van der Waals surface area contributed by atoms with Crippen LogP contribution in [0.1, 0.15) is 43.7 Å². The lowest BCUT2D eigenvalue weighted by Crippen LogP contribution is -2.51. The number of nitrogens with zero attached hydrogens (tertiary/aromatic N) is 5. The van der Waals surface area contributed by atoms with Crippen molar-refractivity contribution in [3.05, 3.63) is 47.8 Å². The van der Waals surface area contributed by atoms with Crippen LogP contribution in [-0.4, -0.2) is 58.8 Å². The summed E-state index contributed by atoms with van der Waals surface area (Å²) in [7, 11) is 1.96. The van der Waals surface area contributed by atoms with Crippen LogP contribution in [0, 0.1) is 0 Å². The van der Waals surface area contributed by atoms with Crippen LogP contribution < -0.4 is 15.5 Å². The summed E-state index contributed by atoms with van der Waals surface area (Å²) in [6.07, 6.45) is 7.93. The molecule has 2 N–H and O–H groups in total. The SMILES string of the molecule is CCNC(=NCc1cccc(CN2CCCC2=O)c1)NC1CCCN(c2cnn(C)c2)C1. The van der Waals surface area contributed by atoms with Gasteiger partial charge in [0.25, 0.3) is 0 Å². The number of hydrogen-bond donors (Lipinski definition) is 2. The molecule has 0 spiro atoms. The monoisotopic (exact) mass is 437 g/mol. The average Bonchev–Trinajstić information content (AvgIpc) is 3.41. The molecule has 3 heterocycles. The Kier molecular flexibility index (Phi) is 7.29. The zero-order valence-corrected chi connectivity index (χ0v) is 19.3. The number of carbonyl (C=O) groups excluding carboxylic acids is 1. The predicted molar refractivity (Wildman–Crippen MR) is 127 cm³/mol. The van der Waals surface area contributed by atoms with Crippen molar-refractivity contribution in [2.24, 2.45) is 12.0 Å². The number of benzene rings is 1. The van der Waals surface area contributed by atoms with Crippen molar-refractivity contribution in [2.45, 2.75) is 51.7 Å². The fraction of sp³-hybridized carbons (Fsp3) is 0.542. The number of aryl methyl sites for hydroxylation is 1. The summed E-state index contributed by atoms with van der Waals surface area (Å²) in [5.41, 5.74) is 3.51. The highest BCUT2D eigenvalue weighted by molar-refractivity contribution is 5.80. The van der Waals surface area contributed by atoms with Crippen molar-refractivity contribution in [2.75, 3.05) is 31.1 Å². The van der Waals surface area contributed by atoms with Crippen LogP contribution in [0.3, 0.4) is 0 Å². The van der Waals surface area contributed by atoms with E-state index in [4.69, 9.17) is 4.99 Å². The Morgan fingerprint density at radius 3 is 2.88 bits per heavy atom. The highest BCUT2D eigenvalue weighted by atomic mass is 16.2. The minimum atomic E-state index is 0.264. The van der Waals surface area contributed by atoms with Gasteiger partial charge in [0.2, 0.25) is 5.91 Å². The fourth-order valence-electron chi connectivity index (χ4n) is 4.50. The molecule has 8 nitrogen and oxygen atoms in total. The zero-order chi connectivity index (χ0) is 22.3. The number of piperidine rings is 1. The van der Waals surface area contributed by atoms with E-state index in [0.717, 1.165) is 57.0 Å². The first-order chi connectivity index (χ1) is 15.6. The van der Waals surface area contributed by atoms with E-state index >= 15 is 0 Å². The maximum atomic E-state index is 11.9. The Hall–Kier alpha value is -3.03. The Balaban J connectivity index is 1.36. The Morgan fingerprint density at radius 2 is 2.12 bits per heavy atom. The first kappa shape index (κ1) is 22.2. The quantitative estimate of drug-likeness (QED) is 0.513. The molecule has 1 unspecified atom stereocenters. The van der Waals surface area contributed by atoms with Crippen molar-refractivity contribution in [3.8, 4) is 0 Å². The topological polar surface area (TPSA) is 77.8 Å². The van der Waals surface area contributed by atoms with Crippen LogP contribution >= 0.6 is 0 Å². The second kappa shape index (κ2) is 10.5. The summed E-state index contributed by atoms with van der Waals surface area (Å²) in [6, 6.07) is 8.77. The first-order valence-corrected chi connectivity index (χ1v) is 11.7. The molecule has 2 aliphatic heterocycles. The van der Waals surface area contributed by atoms with Crippen molar-refractivity contribution in [1.29, 1.82) is 0 Å². The van der Waals surface area contributed by atoms with E-state index in [-0.39, 0.29) is 5.91 Å². The van der Waals surface area contributed by atoms with E-state index in [2.05, 4.69) is 58.0 Å². The molecule has 1 amide bonds. The molecule has 0 aliphatic carbocycles. The number of aliphatic imine (C=N–C) groups is 1. The molecule has 0 bridgehead atoms. The number of amides is 1. The number of rotatable bonds is 7. The number of guanidine groups is 1. The summed E-state index contributed by atoms with van der Waals surface area (Å²) >= 11 is 0. The van der Waals surface area contributed by atoms with Gasteiger partial charge in [0.1, 0.15) is 0 Å². The van der Waals surface area contributed by atoms with Gasteiger partial charge in [-0.2, -0.15) is 5.10 Å². The normalized spacial score (nSPS) is 19.5. The van der Waals surface area contributed by atoms with Crippen LogP contribution in [0.25, 0.3) is 0 Å². The van der Waals surface area contributed by atoms with Gasteiger partial charge in [-0.3, -0.25) is 9.48 Å². The van der Waals surface area contributed by atoms with Crippen LogP contribution in [0.15, 0.2) is 41.7 Å². The van der Waals surface area contributed by atoms with Gasteiger partial charge >= 0.3 is 0 Å². The molecular weight excluding hydrogens is 402 g/mol. The van der Waals surface area contributed by atoms with E-state index in [1.54, 1.807) is 0 Å². The van der Waals surface area contributed by atoms with Gasteiger partial charge in [0, 0.05) is 58.4 Å². The number of likely N-dealkylation sites (tertiary alicyclic amines) is 1. The fourth-order valence-corrected chi connectivity index (χ4v) is 4.50. The molecule has 0 saturated carbocycles. The minimum Gasteiger partial charge on any atom is -0.367 e. The predicted octanol–water partition coefficient (Wildman–Crippen LogP) is 2.27. The molecule has 2 aromatic rings. The number of hydrogen-bond acceptors (Lipinski definition) is 4. The Bertz CT molecular complexity index is 938. The molecule has 32 heavy (non-hydrogen) atoms. The first-order valence-electron chi connectivity index (χ1n) is 11.7. The van der Waals surface area contributed by atoms with Gasteiger partial charge in [-0.15, -0.1) is 0 Å². The van der Waals surface area contributed by atoms with Crippen LogP contribution in [0.4, 0.5) is 5.69 Å². The molecule has 2 fully saturated rings. The lowest BCUT2D eigenvalue weighted by Gasteiger charge is -2.34. The van der Waals surface area contributed by atoms with Crippen LogP contribution in [0.5, 0.6) is 0 Å². The van der Waals surface area contributed by atoms with Crippen molar-refractivity contribution in [1.82, 2.24) is 25.3 Å². The van der Waals surface area contributed by atoms with Gasteiger partial charge in [-0.05, 0) is 37.3 Å². The second-order valence-electron chi connectivity index (χ2n) is 8.74. The van der Waals surface area contributed by atoms with Gasteiger partial charge in [0.05, 0.1) is 18.4 Å². The third kappa shape index (κ3) is 5.81. The maximum Gasteiger partial charge on any atom is 0.222 e. The third-order valence-electron chi connectivity index (χ3n) is 6.12. The van der Waals surface area contributed by atoms with E-state index in [1.165, 1.54) is 11.3 Å².